The van der Waals surface area contributed by atoms with Gasteiger partial charge >= 0.3 is 0 Å². The highest BCUT2D eigenvalue weighted by Gasteiger charge is 2.11. The average molecular weight is 402 g/mol. The molecule has 3 N–H and O–H groups in total. The molecule has 0 unspecified atom stereocenters. The van der Waals surface area contributed by atoms with Crippen LogP contribution in [0, 0.1) is 5.82 Å². The van der Waals surface area contributed by atoms with E-state index in [0.717, 1.165) is 11.3 Å². The highest BCUT2D eigenvalue weighted by atomic mass is 19.1. The largest absolute Gasteiger partial charge is 0.382 e. The van der Waals surface area contributed by atoms with E-state index in [1.165, 1.54) is 24.5 Å². The second-order valence-electron chi connectivity index (χ2n) is 6.69. The second-order valence-corrected chi connectivity index (χ2v) is 6.69. The number of hydrogen-bond donors (Lipinski definition) is 2. The molecule has 0 radical (unpaired) electrons. The zero-order chi connectivity index (χ0) is 20.9. The van der Waals surface area contributed by atoms with Crippen molar-refractivity contribution in [2.24, 2.45) is 0 Å². The third kappa shape index (κ3) is 4.49. The Morgan fingerprint density at radius 3 is 2.73 bits per heavy atom. The van der Waals surface area contributed by atoms with Crippen LogP contribution in [0.2, 0.25) is 0 Å². The summed E-state index contributed by atoms with van der Waals surface area (Å²) in [5.74, 6) is -0.687. The van der Waals surface area contributed by atoms with Gasteiger partial charge in [-0.1, -0.05) is 18.2 Å². The van der Waals surface area contributed by atoms with Crippen molar-refractivity contribution in [3.05, 3.63) is 90.3 Å². The summed E-state index contributed by atoms with van der Waals surface area (Å²) < 4.78 is 15.8. The number of rotatable bonds is 6. The maximum atomic E-state index is 14.1. The highest BCUT2D eigenvalue weighted by molar-refractivity contribution is 5.95. The number of carbonyl (C=O) groups excluding carboxylic acids is 1. The van der Waals surface area contributed by atoms with E-state index >= 15 is 0 Å². The van der Waals surface area contributed by atoms with Gasteiger partial charge in [-0.25, -0.2) is 14.1 Å². The van der Waals surface area contributed by atoms with E-state index in [1.807, 2.05) is 36.5 Å². The Morgan fingerprint density at radius 1 is 1.10 bits per heavy atom. The molecule has 8 heteroatoms. The molecule has 4 rings (SSSR count). The monoisotopic (exact) mass is 402 g/mol. The third-order valence-electron chi connectivity index (χ3n) is 4.46. The fraction of sp³-hybridized carbons (Fsp3) is 0.0909. The van der Waals surface area contributed by atoms with E-state index in [4.69, 9.17) is 5.73 Å². The van der Waals surface area contributed by atoms with Gasteiger partial charge in [0.1, 0.15) is 11.6 Å². The number of hydrogen-bond acceptors (Lipinski definition) is 5. The van der Waals surface area contributed by atoms with Gasteiger partial charge in [-0.2, -0.15) is 5.10 Å². The summed E-state index contributed by atoms with van der Waals surface area (Å²) in [6.07, 6.45) is 7.15. The Morgan fingerprint density at radius 2 is 1.93 bits per heavy atom. The van der Waals surface area contributed by atoms with Crippen LogP contribution in [0.5, 0.6) is 0 Å². The van der Waals surface area contributed by atoms with Gasteiger partial charge in [0.25, 0.3) is 5.91 Å². The normalized spacial score (nSPS) is 10.7. The summed E-state index contributed by atoms with van der Waals surface area (Å²) in [7, 11) is 0. The zero-order valence-corrected chi connectivity index (χ0v) is 16.0. The first kappa shape index (κ1) is 19.3. The number of nitrogens with one attached hydrogen (secondary N) is 1. The summed E-state index contributed by atoms with van der Waals surface area (Å²) >= 11 is 0. The molecular formula is C22H19FN6O. The van der Waals surface area contributed by atoms with Crippen LogP contribution in [0.4, 0.5) is 10.2 Å². The van der Waals surface area contributed by atoms with Crippen molar-refractivity contribution in [3.63, 3.8) is 0 Å². The SMILES string of the molecule is Nc1cncc(-c2cc(F)cc(C(=O)NCCc3cnn(-c4ccccc4)c3)c2)n1. The number of carbonyl (C=O) groups is 1. The van der Waals surface area contributed by atoms with Crippen LogP contribution in [0.15, 0.2) is 73.3 Å². The molecule has 0 aliphatic heterocycles. The van der Waals surface area contributed by atoms with Crippen LogP contribution in [-0.2, 0) is 6.42 Å². The molecule has 0 aliphatic rings. The average Bonchev–Trinajstić information content (AvgIpc) is 3.23. The van der Waals surface area contributed by atoms with E-state index in [9.17, 15) is 9.18 Å². The van der Waals surface area contributed by atoms with Crippen LogP contribution in [0.1, 0.15) is 15.9 Å². The maximum Gasteiger partial charge on any atom is 0.251 e. The molecule has 2 heterocycles. The molecule has 30 heavy (non-hydrogen) atoms. The van der Waals surface area contributed by atoms with Crippen molar-refractivity contribution in [1.29, 1.82) is 0 Å². The molecule has 0 aliphatic carbocycles. The Hall–Kier alpha value is -4.07. The van der Waals surface area contributed by atoms with Crippen molar-refractivity contribution >= 4 is 11.7 Å². The number of nitrogens with zero attached hydrogens (tertiary/aromatic N) is 4. The summed E-state index contributed by atoms with van der Waals surface area (Å²) in [5.41, 5.74) is 8.62. The fourth-order valence-corrected chi connectivity index (χ4v) is 3.02. The summed E-state index contributed by atoms with van der Waals surface area (Å²) in [4.78, 5) is 20.6. The molecule has 0 saturated carbocycles. The lowest BCUT2D eigenvalue weighted by Gasteiger charge is -2.07. The number of nitrogens with two attached hydrogens (primary N) is 1. The van der Waals surface area contributed by atoms with E-state index in [-0.39, 0.29) is 17.3 Å². The Kier molecular flexibility index (Phi) is 5.47. The molecule has 1 amide bonds. The summed E-state index contributed by atoms with van der Waals surface area (Å²) in [5, 5.41) is 7.15. The topological polar surface area (TPSA) is 98.7 Å². The third-order valence-corrected chi connectivity index (χ3v) is 4.46. The van der Waals surface area contributed by atoms with Crippen LogP contribution in [0.3, 0.4) is 0 Å². The first-order valence-electron chi connectivity index (χ1n) is 9.34. The summed E-state index contributed by atoms with van der Waals surface area (Å²) in [6.45, 7) is 0.392. The van der Waals surface area contributed by atoms with Gasteiger partial charge in [-0.05, 0) is 42.3 Å². The smallest absolute Gasteiger partial charge is 0.251 e. The van der Waals surface area contributed by atoms with E-state index in [2.05, 4.69) is 20.4 Å². The van der Waals surface area contributed by atoms with E-state index in [1.54, 1.807) is 16.9 Å². The maximum absolute atomic E-state index is 14.1. The number of para-hydroxylation sites is 1. The van der Waals surface area contributed by atoms with Crippen molar-refractivity contribution in [1.82, 2.24) is 25.1 Å². The van der Waals surface area contributed by atoms with Crippen LogP contribution >= 0.6 is 0 Å². The number of benzene rings is 2. The van der Waals surface area contributed by atoms with Gasteiger partial charge in [0.15, 0.2) is 0 Å². The lowest BCUT2D eigenvalue weighted by atomic mass is 10.1. The minimum absolute atomic E-state index is 0.203. The predicted molar refractivity (Wildman–Crippen MR) is 111 cm³/mol. The molecule has 150 valence electrons. The van der Waals surface area contributed by atoms with Crippen molar-refractivity contribution in [2.45, 2.75) is 6.42 Å². The Bertz CT molecular complexity index is 1180. The number of anilines is 1. The molecule has 0 saturated heterocycles. The number of amides is 1. The lowest BCUT2D eigenvalue weighted by Crippen LogP contribution is -2.25. The molecule has 4 aromatic rings. The number of aromatic nitrogens is 4. The van der Waals surface area contributed by atoms with Crippen molar-refractivity contribution in [3.8, 4) is 16.9 Å². The van der Waals surface area contributed by atoms with Gasteiger partial charge < -0.3 is 11.1 Å². The minimum Gasteiger partial charge on any atom is -0.382 e. The molecule has 7 nitrogen and oxygen atoms in total. The van der Waals surface area contributed by atoms with Crippen LogP contribution in [-0.4, -0.2) is 32.2 Å². The van der Waals surface area contributed by atoms with Crippen molar-refractivity contribution < 1.29 is 9.18 Å². The molecule has 0 atom stereocenters. The number of nitrogen functional groups attached to an aromatic ring is 1. The number of halogens is 1. The Balaban J connectivity index is 1.40. The molecule has 2 aromatic heterocycles. The first-order valence-corrected chi connectivity index (χ1v) is 9.34. The second kappa shape index (κ2) is 8.52. The molecule has 0 bridgehead atoms. The molecular weight excluding hydrogens is 383 g/mol. The Labute approximate surface area is 172 Å². The molecule has 0 spiro atoms. The first-order chi connectivity index (χ1) is 14.6. The lowest BCUT2D eigenvalue weighted by molar-refractivity contribution is 0.0953. The van der Waals surface area contributed by atoms with Gasteiger partial charge in [-0.3, -0.25) is 9.78 Å². The highest BCUT2D eigenvalue weighted by Crippen LogP contribution is 2.20. The van der Waals surface area contributed by atoms with Crippen LogP contribution in [0.25, 0.3) is 16.9 Å². The van der Waals surface area contributed by atoms with E-state index in [0.29, 0.717) is 24.2 Å². The quantitative estimate of drug-likeness (QED) is 0.517. The van der Waals surface area contributed by atoms with Gasteiger partial charge in [0, 0.05) is 23.9 Å². The minimum atomic E-state index is -0.536. The van der Waals surface area contributed by atoms with Crippen molar-refractivity contribution in [2.75, 3.05) is 12.3 Å². The zero-order valence-electron chi connectivity index (χ0n) is 16.0. The fourth-order valence-electron chi connectivity index (χ4n) is 3.02. The van der Waals surface area contributed by atoms with Gasteiger partial charge in [0.05, 0.1) is 30.0 Å². The molecule has 0 fully saturated rings. The van der Waals surface area contributed by atoms with Gasteiger partial charge in [0.2, 0.25) is 0 Å². The standard InChI is InChI=1S/C22H19FN6O/c23-18-9-16(20-12-25-13-21(24)28-20)8-17(10-18)22(30)26-7-6-15-11-27-29(14-15)19-4-2-1-3-5-19/h1-5,8-14H,6-7H2,(H2,24,28)(H,26,30). The van der Waals surface area contributed by atoms with E-state index < -0.39 is 5.82 Å². The molecule has 2 aromatic carbocycles. The van der Waals surface area contributed by atoms with Gasteiger partial charge in [-0.15, -0.1) is 0 Å². The van der Waals surface area contributed by atoms with Crippen LogP contribution < -0.4 is 11.1 Å². The summed E-state index contributed by atoms with van der Waals surface area (Å²) in [6, 6.07) is 13.8. The predicted octanol–water partition coefficient (Wildman–Crippen LogP) is 3.02.